The number of rotatable bonds is 2. The first kappa shape index (κ1) is 9.88. The van der Waals surface area contributed by atoms with Crippen molar-refractivity contribution in [2.24, 2.45) is 0 Å². The molecule has 0 spiro atoms. The second-order valence-electron chi connectivity index (χ2n) is 2.31. The van der Waals surface area contributed by atoms with E-state index in [2.05, 4.69) is 0 Å². The third kappa shape index (κ3) is 2.37. The first-order valence-electron chi connectivity index (χ1n) is 3.39. The van der Waals surface area contributed by atoms with Crippen LogP contribution in [-0.4, -0.2) is 13.0 Å². The molecular formula is C8H7FO3S. The first-order chi connectivity index (χ1) is 6.05. The van der Waals surface area contributed by atoms with Crippen molar-refractivity contribution in [2.75, 3.05) is 0 Å². The van der Waals surface area contributed by atoms with Gasteiger partial charge in [0, 0.05) is 0 Å². The van der Waals surface area contributed by atoms with Gasteiger partial charge < -0.3 is 0 Å². The van der Waals surface area contributed by atoms with E-state index >= 15 is 0 Å². The molecule has 0 aromatic heterocycles. The van der Waals surface area contributed by atoms with Crippen molar-refractivity contribution in [1.82, 2.24) is 0 Å². The van der Waals surface area contributed by atoms with Gasteiger partial charge in [0.25, 0.3) is 10.1 Å². The van der Waals surface area contributed by atoms with Crippen LogP contribution in [0.15, 0.2) is 35.5 Å². The molecule has 0 atom stereocenters. The number of benzene rings is 1. The minimum atomic E-state index is -4.27. The fourth-order valence-electron chi connectivity index (χ4n) is 0.921. The van der Waals surface area contributed by atoms with Gasteiger partial charge in [-0.3, -0.25) is 4.55 Å². The highest BCUT2D eigenvalue weighted by atomic mass is 32.2. The Bertz CT molecular complexity index is 423. The molecule has 1 aromatic carbocycles. The van der Waals surface area contributed by atoms with Crippen molar-refractivity contribution >= 4 is 16.2 Å². The maximum absolute atomic E-state index is 11.8. The standard InChI is InChI=1S/C8H7FO3S/c9-6-5-7-3-1-2-4-8(7)13(10,11)12/h1-6H,(H,10,11,12). The van der Waals surface area contributed by atoms with E-state index in [0.717, 1.165) is 6.08 Å². The molecule has 0 saturated carbocycles. The highest BCUT2D eigenvalue weighted by Gasteiger charge is 2.12. The third-order valence-electron chi connectivity index (χ3n) is 1.44. The molecule has 0 bridgehead atoms. The average Bonchev–Trinajstić information content (AvgIpc) is 2.04. The van der Waals surface area contributed by atoms with E-state index in [1.807, 2.05) is 0 Å². The van der Waals surface area contributed by atoms with Gasteiger partial charge in [-0.15, -0.1) is 0 Å². The van der Waals surface area contributed by atoms with Gasteiger partial charge in [0.1, 0.15) is 4.90 Å². The molecule has 1 N–H and O–H groups in total. The van der Waals surface area contributed by atoms with E-state index in [-0.39, 0.29) is 16.8 Å². The third-order valence-corrected chi connectivity index (χ3v) is 2.37. The molecule has 0 fully saturated rings. The van der Waals surface area contributed by atoms with Crippen LogP contribution in [0.5, 0.6) is 0 Å². The molecule has 0 aliphatic rings. The smallest absolute Gasteiger partial charge is 0.282 e. The molecule has 0 aliphatic heterocycles. The van der Waals surface area contributed by atoms with Crippen LogP contribution >= 0.6 is 0 Å². The zero-order valence-electron chi connectivity index (χ0n) is 6.51. The Morgan fingerprint density at radius 2 is 1.92 bits per heavy atom. The zero-order valence-corrected chi connectivity index (χ0v) is 7.33. The molecule has 0 aliphatic carbocycles. The fourth-order valence-corrected chi connectivity index (χ4v) is 1.61. The lowest BCUT2D eigenvalue weighted by molar-refractivity contribution is 0.483. The van der Waals surface area contributed by atoms with E-state index in [9.17, 15) is 12.8 Å². The van der Waals surface area contributed by atoms with E-state index < -0.39 is 10.1 Å². The Kier molecular flexibility index (Phi) is 2.79. The van der Waals surface area contributed by atoms with Crippen LogP contribution in [0.2, 0.25) is 0 Å². The molecule has 5 heteroatoms. The number of hydrogen-bond acceptors (Lipinski definition) is 2. The molecule has 0 heterocycles. The van der Waals surface area contributed by atoms with Crippen molar-refractivity contribution < 1.29 is 17.4 Å². The highest BCUT2D eigenvalue weighted by Crippen LogP contribution is 2.16. The maximum Gasteiger partial charge on any atom is 0.295 e. The summed E-state index contributed by atoms with van der Waals surface area (Å²) in [5.41, 5.74) is 0.118. The molecule has 0 radical (unpaired) electrons. The van der Waals surface area contributed by atoms with Gasteiger partial charge in [-0.1, -0.05) is 18.2 Å². The summed E-state index contributed by atoms with van der Waals surface area (Å²) in [6, 6.07) is 5.58. The predicted molar refractivity (Wildman–Crippen MR) is 46.4 cm³/mol. The molecule has 0 unspecified atom stereocenters. The lowest BCUT2D eigenvalue weighted by Gasteiger charge is -2.00. The summed E-state index contributed by atoms with van der Waals surface area (Å²) in [6.07, 6.45) is 1.17. The lowest BCUT2D eigenvalue weighted by Crippen LogP contribution is -1.99. The molecule has 70 valence electrons. The van der Waals surface area contributed by atoms with Crippen molar-refractivity contribution in [3.8, 4) is 0 Å². The summed E-state index contributed by atoms with van der Waals surface area (Å²) >= 11 is 0. The van der Waals surface area contributed by atoms with E-state index in [1.165, 1.54) is 18.2 Å². The molecule has 3 nitrogen and oxygen atoms in total. The Morgan fingerprint density at radius 1 is 1.31 bits per heavy atom. The Hall–Kier alpha value is -1.20. The van der Waals surface area contributed by atoms with E-state index in [4.69, 9.17) is 4.55 Å². The predicted octanol–water partition coefficient (Wildman–Crippen LogP) is 1.87. The number of halogens is 1. The molecule has 13 heavy (non-hydrogen) atoms. The molecule has 1 rings (SSSR count). The van der Waals surface area contributed by atoms with E-state index in [0.29, 0.717) is 0 Å². The second kappa shape index (κ2) is 3.68. The summed E-state index contributed by atoms with van der Waals surface area (Å²) in [5, 5.41) is 0. The SMILES string of the molecule is O=S(=O)(O)c1ccccc1C=CF. The summed E-state index contributed by atoms with van der Waals surface area (Å²) in [4.78, 5) is -0.302. The van der Waals surface area contributed by atoms with Gasteiger partial charge in [0.05, 0.1) is 6.33 Å². The van der Waals surface area contributed by atoms with Gasteiger partial charge >= 0.3 is 0 Å². The van der Waals surface area contributed by atoms with Crippen LogP contribution in [-0.2, 0) is 10.1 Å². The van der Waals surface area contributed by atoms with Crippen LogP contribution in [0.4, 0.5) is 4.39 Å². The summed E-state index contributed by atoms with van der Waals surface area (Å²) in [5.74, 6) is 0. The van der Waals surface area contributed by atoms with Crippen molar-refractivity contribution in [3.63, 3.8) is 0 Å². The number of hydrogen-bond donors (Lipinski definition) is 1. The quantitative estimate of drug-likeness (QED) is 0.745. The molecule has 1 aromatic rings. The minimum Gasteiger partial charge on any atom is -0.282 e. The van der Waals surface area contributed by atoms with Gasteiger partial charge in [-0.2, -0.15) is 8.42 Å². The van der Waals surface area contributed by atoms with Gasteiger partial charge in [0.2, 0.25) is 0 Å². The summed E-state index contributed by atoms with van der Waals surface area (Å²) in [7, 11) is -4.27. The summed E-state index contributed by atoms with van der Waals surface area (Å²) in [6.45, 7) is 0. The Morgan fingerprint density at radius 3 is 2.46 bits per heavy atom. The van der Waals surface area contributed by atoms with Crippen molar-refractivity contribution in [2.45, 2.75) is 4.90 Å². The molecule has 0 saturated heterocycles. The highest BCUT2D eigenvalue weighted by molar-refractivity contribution is 7.85. The van der Waals surface area contributed by atoms with Crippen LogP contribution in [0.25, 0.3) is 6.08 Å². The first-order valence-corrected chi connectivity index (χ1v) is 4.83. The van der Waals surface area contributed by atoms with Crippen LogP contribution < -0.4 is 0 Å². The van der Waals surface area contributed by atoms with Gasteiger partial charge in [0.15, 0.2) is 0 Å². The fraction of sp³-hybridized carbons (Fsp3) is 0. The van der Waals surface area contributed by atoms with Crippen LogP contribution in [0.3, 0.4) is 0 Å². The van der Waals surface area contributed by atoms with E-state index in [1.54, 1.807) is 6.07 Å². The minimum absolute atomic E-state index is 0.118. The van der Waals surface area contributed by atoms with Gasteiger partial charge in [-0.25, -0.2) is 4.39 Å². The topological polar surface area (TPSA) is 54.4 Å². The Labute approximate surface area is 75.3 Å². The molecular weight excluding hydrogens is 195 g/mol. The Balaban J connectivity index is 3.37. The largest absolute Gasteiger partial charge is 0.295 e. The van der Waals surface area contributed by atoms with Crippen molar-refractivity contribution in [1.29, 1.82) is 0 Å². The second-order valence-corrected chi connectivity index (χ2v) is 3.70. The molecule has 0 amide bonds. The van der Waals surface area contributed by atoms with Gasteiger partial charge in [-0.05, 0) is 17.7 Å². The van der Waals surface area contributed by atoms with Crippen molar-refractivity contribution in [3.05, 3.63) is 36.2 Å². The zero-order chi connectivity index (χ0) is 9.90. The normalized spacial score (nSPS) is 12.2. The maximum atomic E-state index is 11.8. The van der Waals surface area contributed by atoms with Crippen LogP contribution in [0.1, 0.15) is 5.56 Å². The lowest BCUT2D eigenvalue weighted by atomic mass is 10.2. The monoisotopic (exact) mass is 202 g/mol. The van der Waals surface area contributed by atoms with Crippen LogP contribution in [0, 0.1) is 0 Å². The average molecular weight is 202 g/mol. The summed E-state index contributed by atoms with van der Waals surface area (Å²) < 4.78 is 42.0.